The van der Waals surface area contributed by atoms with Crippen molar-refractivity contribution >= 4 is 17.4 Å². The number of hydrogen-bond acceptors (Lipinski definition) is 1. The Kier molecular flexibility index (Phi) is 6.67. The third kappa shape index (κ3) is 4.99. The van der Waals surface area contributed by atoms with Crippen molar-refractivity contribution in [2.24, 2.45) is 0 Å². The fraction of sp³-hybridized carbons (Fsp3) is 0.350. The van der Waals surface area contributed by atoms with E-state index in [4.69, 9.17) is 11.6 Å². The maximum absolute atomic E-state index is 12.0. The van der Waals surface area contributed by atoms with Crippen LogP contribution in [0.5, 0.6) is 0 Å². The van der Waals surface area contributed by atoms with Crippen molar-refractivity contribution in [3.05, 3.63) is 60.2 Å². The van der Waals surface area contributed by atoms with Gasteiger partial charge in [0.05, 0.1) is 5.38 Å². The maximum Gasteiger partial charge on any atom is 0.151 e. The number of carbonyl (C=O) groups is 1. The smallest absolute Gasteiger partial charge is 0.151 e. The van der Waals surface area contributed by atoms with Crippen LogP contribution in [-0.2, 0) is 11.2 Å². The highest BCUT2D eigenvalue weighted by Gasteiger charge is 2.15. The van der Waals surface area contributed by atoms with E-state index in [-0.39, 0.29) is 5.78 Å². The highest BCUT2D eigenvalue weighted by atomic mass is 35.5. The zero-order valence-corrected chi connectivity index (χ0v) is 13.9. The number of benzene rings is 2. The number of alkyl halides is 1. The van der Waals surface area contributed by atoms with Crippen LogP contribution in [0.25, 0.3) is 11.1 Å². The summed E-state index contributed by atoms with van der Waals surface area (Å²) in [5.41, 5.74) is 3.50. The van der Waals surface area contributed by atoms with Crippen molar-refractivity contribution in [3.8, 4) is 11.1 Å². The summed E-state index contributed by atoms with van der Waals surface area (Å²) in [4.78, 5) is 12.0. The normalized spacial score (nSPS) is 12.1. The van der Waals surface area contributed by atoms with Crippen LogP contribution in [0.15, 0.2) is 54.6 Å². The van der Waals surface area contributed by atoms with Crippen LogP contribution in [-0.4, -0.2) is 11.2 Å². The van der Waals surface area contributed by atoms with E-state index in [1.807, 2.05) is 18.2 Å². The zero-order valence-electron chi connectivity index (χ0n) is 13.1. The Hall–Kier alpha value is -1.60. The molecule has 0 fully saturated rings. The molecule has 0 radical (unpaired) electrons. The lowest BCUT2D eigenvalue weighted by Crippen LogP contribution is -2.16. The minimum atomic E-state index is -0.403. The molecular weight excluding hydrogens is 292 g/mol. The summed E-state index contributed by atoms with van der Waals surface area (Å²) in [5, 5.41) is -0.403. The van der Waals surface area contributed by atoms with Gasteiger partial charge in [-0.25, -0.2) is 0 Å². The quantitative estimate of drug-likeness (QED) is 0.454. The molecule has 0 aliphatic rings. The highest BCUT2D eigenvalue weighted by molar-refractivity contribution is 6.31. The van der Waals surface area contributed by atoms with Crippen LogP contribution in [0.2, 0.25) is 0 Å². The minimum Gasteiger partial charge on any atom is -0.298 e. The van der Waals surface area contributed by atoms with Crippen LogP contribution >= 0.6 is 11.6 Å². The molecule has 0 bridgehead atoms. The predicted octanol–water partition coefficient (Wildman–Crippen LogP) is 5.65. The second-order valence-electron chi connectivity index (χ2n) is 5.66. The molecule has 0 saturated heterocycles. The first-order valence-corrected chi connectivity index (χ1v) is 8.45. The van der Waals surface area contributed by atoms with Gasteiger partial charge >= 0.3 is 0 Å². The lowest BCUT2D eigenvalue weighted by molar-refractivity contribution is -0.118. The summed E-state index contributed by atoms with van der Waals surface area (Å²) in [6, 6.07) is 18.6. The molecule has 116 valence electrons. The van der Waals surface area contributed by atoms with Crippen LogP contribution < -0.4 is 0 Å². The fourth-order valence-corrected chi connectivity index (χ4v) is 2.78. The van der Waals surface area contributed by atoms with Crippen molar-refractivity contribution < 1.29 is 4.79 Å². The maximum atomic E-state index is 12.0. The molecule has 0 heterocycles. The van der Waals surface area contributed by atoms with E-state index >= 15 is 0 Å². The van der Waals surface area contributed by atoms with Gasteiger partial charge in [0.2, 0.25) is 0 Å². The molecule has 0 spiro atoms. The number of Topliss-reactive ketones (excluding diaryl/α,β-unsaturated/α-hetero) is 1. The molecule has 2 aromatic carbocycles. The van der Waals surface area contributed by atoms with Crippen LogP contribution in [0.4, 0.5) is 0 Å². The number of halogens is 1. The summed E-state index contributed by atoms with van der Waals surface area (Å²) in [5.74, 6) is 0.169. The molecule has 0 N–H and O–H groups in total. The summed E-state index contributed by atoms with van der Waals surface area (Å²) in [6.45, 7) is 2.14. The second-order valence-corrected chi connectivity index (χ2v) is 6.18. The second kappa shape index (κ2) is 8.75. The van der Waals surface area contributed by atoms with Gasteiger partial charge in [-0.15, -0.1) is 11.6 Å². The Labute approximate surface area is 138 Å². The Morgan fingerprint density at radius 3 is 2.23 bits per heavy atom. The minimum absolute atomic E-state index is 0.169. The Morgan fingerprint density at radius 2 is 1.59 bits per heavy atom. The Balaban J connectivity index is 1.92. The van der Waals surface area contributed by atoms with Crippen molar-refractivity contribution in [2.75, 3.05) is 0 Å². The summed E-state index contributed by atoms with van der Waals surface area (Å²) in [6.07, 6.45) is 4.39. The fourth-order valence-electron chi connectivity index (χ4n) is 2.49. The molecular formula is C20H23ClO. The molecule has 1 unspecified atom stereocenters. The summed E-state index contributed by atoms with van der Waals surface area (Å²) >= 11 is 6.25. The molecule has 0 aromatic heterocycles. The molecule has 0 amide bonds. The van der Waals surface area contributed by atoms with E-state index in [2.05, 4.69) is 43.3 Å². The van der Waals surface area contributed by atoms with Gasteiger partial charge in [0.25, 0.3) is 0 Å². The third-order valence-corrected chi connectivity index (χ3v) is 4.25. The summed E-state index contributed by atoms with van der Waals surface area (Å²) in [7, 11) is 0. The first kappa shape index (κ1) is 16.8. The Bertz CT molecular complexity index is 574. The third-order valence-electron chi connectivity index (χ3n) is 3.85. The van der Waals surface area contributed by atoms with Crippen molar-refractivity contribution in [2.45, 2.75) is 44.4 Å². The first-order valence-electron chi connectivity index (χ1n) is 8.02. The molecule has 2 heteroatoms. The zero-order chi connectivity index (χ0) is 15.8. The standard InChI is InChI=1S/C20H23ClO/c1-2-3-5-10-20(22)19(21)15-16-11-13-18(14-12-16)17-8-6-4-7-9-17/h4,6-9,11-14,19H,2-3,5,10,15H2,1H3. The monoisotopic (exact) mass is 314 g/mol. The molecule has 1 nitrogen and oxygen atoms in total. The summed E-state index contributed by atoms with van der Waals surface area (Å²) < 4.78 is 0. The predicted molar refractivity (Wildman–Crippen MR) is 94.4 cm³/mol. The number of carbonyl (C=O) groups excluding carboxylic acids is 1. The number of ketones is 1. The van der Waals surface area contributed by atoms with Gasteiger partial charge < -0.3 is 0 Å². The van der Waals surface area contributed by atoms with E-state index in [1.54, 1.807) is 0 Å². The van der Waals surface area contributed by atoms with Crippen LogP contribution in [0.1, 0.15) is 38.2 Å². The van der Waals surface area contributed by atoms with Crippen molar-refractivity contribution in [3.63, 3.8) is 0 Å². The van der Waals surface area contributed by atoms with Gasteiger partial charge in [0.15, 0.2) is 5.78 Å². The van der Waals surface area contributed by atoms with Crippen molar-refractivity contribution in [1.29, 1.82) is 0 Å². The lowest BCUT2D eigenvalue weighted by Gasteiger charge is -2.09. The van der Waals surface area contributed by atoms with E-state index in [0.29, 0.717) is 12.8 Å². The first-order chi connectivity index (χ1) is 10.7. The van der Waals surface area contributed by atoms with E-state index < -0.39 is 5.38 Å². The van der Waals surface area contributed by atoms with Gasteiger partial charge in [-0.05, 0) is 29.5 Å². The van der Waals surface area contributed by atoms with E-state index in [0.717, 1.165) is 24.8 Å². The lowest BCUT2D eigenvalue weighted by atomic mass is 10.00. The Morgan fingerprint density at radius 1 is 0.955 bits per heavy atom. The molecule has 0 aliphatic heterocycles. The molecule has 2 aromatic rings. The SMILES string of the molecule is CCCCCC(=O)C(Cl)Cc1ccc(-c2ccccc2)cc1. The number of rotatable bonds is 8. The number of unbranched alkanes of at least 4 members (excludes halogenated alkanes) is 2. The van der Waals surface area contributed by atoms with E-state index in [9.17, 15) is 4.79 Å². The topological polar surface area (TPSA) is 17.1 Å². The molecule has 0 saturated carbocycles. The van der Waals surface area contributed by atoms with E-state index in [1.165, 1.54) is 11.1 Å². The molecule has 0 aliphatic carbocycles. The van der Waals surface area contributed by atoms with Gasteiger partial charge in [0.1, 0.15) is 0 Å². The largest absolute Gasteiger partial charge is 0.298 e. The van der Waals surface area contributed by atoms with Gasteiger partial charge in [0, 0.05) is 6.42 Å². The van der Waals surface area contributed by atoms with Gasteiger partial charge in [-0.1, -0.05) is 74.4 Å². The molecule has 1 atom stereocenters. The average Bonchev–Trinajstić information content (AvgIpc) is 2.56. The highest BCUT2D eigenvalue weighted by Crippen LogP contribution is 2.20. The average molecular weight is 315 g/mol. The number of hydrogen-bond donors (Lipinski definition) is 0. The van der Waals surface area contributed by atoms with Gasteiger partial charge in [-0.3, -0.25) is 4.79 Å². The van der Waals surface area contributed by atoms with Gasteiger partial charge in [-0.2, -0.15) is 0 Å². The van der Waals surface area contributed by atoms with Crippen LogP contribution in [0, 0.1) is 0 Å². The molecule has 22 heavy (non-hydrogen) atoms. The molecule has 2 rings (SSSR count). The van der Waals surface area contributed by atoms with Crippen LogP contribution in [0.3, 0.4) is 0 Å². The van der Waals surface area contributed by atoms with Crippen molar-refractivity contribution in [1.82, 2.24) is 0 Å².